The first-order valence-corrected chi connectivity index (χ1v) is 12.2. The summed E-state index contributed by atoms with van der Waals surface area (Å²) in [4.78, 5) is 24.9. The molecule has 1 amide bonds. The first kappa shape index (κ1) is 24.2. The van der Waals surface area contributed by atoms with Gasteiger partial charge in [-0.1, -0.05) is 49.7 Å². The number of amides is 1. The first-order chi connectivity index (χ1) is 15.1. The molecule has 0 fully saturated rings. The Morgan fingerprint density at radius 1 is 1.22 bits per heavy atom. The summed E-state index contributed by atoms with van der Waals surface area (Å²) < 4.78 is 27.7. The van der Waals surface area contributed by atoms with Crippen LogP contribution in [0.15, 0.2) is 47.4 Å². The second kappa shape index (κ2) is 9.97. The van der Waals surface area contributed by atoms with Crippen molar-refractivity contribution >= 4 is 33.2 Å². The summed E-state index contributed by atoms with van der Waals surface area (Å²) in [5, 5.41) is 11.1. The van der Waals surface area contributed by atoms with Crippen molar-refractivity contribution in [1.82, 2.24) is 9.21 Å². The highest BCUT2D eigenvalue weighted by atomic mass is 35.5. The van der Waals surface area contributed by atoms with Gasteiger partial charge >= 0.3 is 0 Å². The zero-order chi connectivity index (χ0) is 23.5. The van der Waals surface area contributed by atoms with Gasteiger partial charge in [0.15, 0.2) is 0 Å². The summed E-state index contributed by atoms with van der Waals surface area (Å²) in [7, 11) is -4.04. The molecule has 8 nitrogen and oxygen atoms in total. The third-order valence-corrected chi connectivity index (χ3v) is 7.56. The highest BCUT2D eigenvalue weighted by molar-refractivity contribution is 7.89. The van der Waals surface area contributed by atoms with E-state index >= 15 is 0 Å². The van der Waals surface area contributed by atoms with E-state index in [2.05, 4.69) is 6.07 Å². The highest BCUT2D eigenvalue weighted by Crippen LogP contribution is 2.29. The maximum absolute atomic E-state index is 13.2. The van der Waals surface area contributed by atoms with Gasteiger partial charge in [-0.15, -0.1) is 0 Å². The standard InChI is InChI=1S/C22H26ClN3O5S/c1-16(2)14-25(32(30,31)19-7-8-20(23)21(13-19)26(28)29)12-10-22(27)24-11-9-17-5-3-4-6-18(17)15-24/h3-8,13,16H,9-12,14-15H2,1-2H3. The van der Waals surface area contributed by atoms with Gasteiger partial charge in [0.1, 0.15) is 5.02 Å². The smallest absolute Gasteiger partial charge is 0.289 e. The summed E-state index contributed by atoms with van der Waals surface area (Å²) >= 11 is 5.83. The van der Waals surface area contributed by atoms with Crippen LogP contribution in [0.2, 0.25) is 5.02 Å². The van der Waals surface area contributed by atoms with Crippen LogP contribution in [-0.2, 0) is 27.8 Å². The van der Waals surface area contributed by atoms with Crippen LogP contribution in [0.3, 0.4) is 0 Å². The zero-order valence-electron chi connectivity index (χ0n) is 18.0. The maximum atomic E-state index is 13.2. The first-order valence-electron chi connectivity index (χ1n) is 10.4. The molecule has 0 unspecified atom stereocenters. The van der Waals surface area contributed by atoms with E-state index < -0.39 is 20.6 Å². The predicted octanol–water partition coefficient (Wildman–Crippen LogP) is 3.87. The Morgan fingerprint density at radius 3 is 2.56 bits per heavy atom. The average Bonchev–Trinajstić information content (AvgIpc) is 2.75. The molecular weight excluding hydrogens is 454 g/mol. The maximum Gasteiger partial charge on any atom is 0.289 e. The van der Waals surface area contributed by atoms with Crippen molar-refractivity contribution in [1.29, 1.82) is 0 Å². The number of carbonyl (C=O) groups is 1. The fourth-order valence-electron chi connectivity index (χ4n) is 3.75. The SMILES string of the molecule is CC(C)CN(CCC(=O)N1CCc2ccccc2C1)S(=O)(=O)c1ccc(Cl)c([N+](=O)[O-])c1. The van der Waals surface area contributed by atoms with Gasteiger partial charge in [0.2, 0.25) is 15.9 Å². The molecule has 0 spiro atoms. The summed E-state index contributed by atoms with van der Waals surface area (Å²) in [5.41, 5.74) is 1.86. The van der Waals surface area contributed by atoms with Crippen molar-refractivity contribution in [3.05, 3.63) is 68.7 Å². The lowest BCUT2D eigenvalue weighted by Crippen LogP contribution is -2.40. The lowest BCUT2D eigenvalue weighted by Gasteiger charge is -2.30. The fourth-order valence-corrected chi connectivity index (χ4v) is 5.56. The second-order valence-corrected chi connectivity index (χ2v) is 10.6. The number of benzene rings is 2. The van der Waals surface area contributed by atoms with Gasteiger partial charge in [-0.25, -0.2) is 8.42 Å². The van der Waals surface area contributed by atoms with Crippen molar-refractivity contribution in [3.63, 3.8) is 0 Å². The number of halogens is 1. The minimum absolute atomic E-state index is 0.00373. The Morgan fingerprint density at radius 2 is 1.91 bits per heavy atom. The Kier molecular flexibility index (Phi) is 7.53. The Bertz CT molecular complexity index is 1120. The van der Waals surface area contributed by atoms with E-state index in [1.165, 1.54) is 22.0 Å². The number of nitrogens with zero attached hydrogens (tertiary/aromatic N) is 3. The molecule has 1 heterocycles. The lowest BCUT2D eigenvalue weighted by molar-refractivity contribution is -0.384. The summed E-state index contributed by atoms with van der Waals surface area (Å²) in [5.74, 6) is -0.116. The number of nitro groups is 1. The van der Waals surface area contributed by atoms with Crippen molar-refractivity contribution in [2.24, 2.45) is 5.92 Å². The quantitative estimate of drug-likeness (QED) is 0.422. The Labute approximate surface area is 193 Å². The van der Waals surface area contributed by atoms with Crippen molar-refractivity contribution < 1.29 is 18.1 Å². The molecule has 172 valence electrons. The van der Waals surface area contributed by atoms with E-state index in [1.54, 1.807) is 4.90 Å². The van der Waals surface area contributed by atoms with Gasteiger partial charge in [-0.2, -0.15) is 4.31 Å². The Balaban J connectivity index is 1.76. The molecule has 0 atom stereocenters. The van der Waals surface area contributed by atoms with Crippen molar-refractivity contribution in [2.45, 2.75) is 38.1 Å². The molecule has 0 aliphatic carbocycles. The minimum atomic E-state index is -4.04. The number of hydrogen-bond acceptors (Lipinski definition) is 5. The fraction of sp³-hybridized carbons (Fsp3) is 0.409. The molecule has 0 bridgehead atoms. The van der Waals surface area contributed by atoms with E-state index in [0.29, 0.717) is 13.1 Å². The third kappa shape index (κ3) is 5.46. The van der Waals surface area contributed by atoms with E-state index in [1.807, 2.05) is 32.0 Å². The van der Waals surface area contributed by atoms with Crippen molar-refractivity contribution in [3.8, 4) is 0 Å². The van der Waals surface area contributed by atoms with Crippen LogP contribution in [0.25, 0.3) is 0 Å². The topological polar surface area (TPSA) is 101 Å². The Hall–Kier alpha value is -2.49. The number of nitro benzene ring substituents is 1. The van der Waals surface area contributed by atoms with Crippen LogP contribution < -0.4 is 0 Å². The molecule has 3 rings (SSSR count). The monoisotopic (exact) mass is 479 g/mol. The molecule has 0 N–H and O–H groups in total. The normalized spacial score (nSPS) is 14.0. The molecule has 2 aromatic rings. The predicted molar refractivity (Wildman–Crippen MR) is 122 cm³/mol. The van der Waals surface area contributed by atoms with Crippen LogP contribution in [0.5, 0.6) is 0 Å². The number of rotatable bonds is 8. The van der Waals surface area contributed by atoms with Gasteiger partial charge < -0.3 is 4.90 Å². The molecule has 1 aliphatic heterocycles. The molecule has 0 radical (unpaired) electrons. The van der Waals surface area contributed by atoms with Crippen molar-refractivity contribution in [2.75, 3.05) is 19.6 Å². The molecule has 0 saturated carbocycles. The molecule has 2 aromatic carbocycles. The number of hydrogen-bond donors (Lipinski definition) is 0. The van der Waals surface area contributed by atoms with E-state index in [9.17, 15) is 23.3 Å². The van der Waals surface area contributed by atoms with Gasteiger partial charge in [-0.05, 0) is 35.6 Å². The minimum Gasteiger partial charge on any atom is -0.338 e. The van der Waals surface area contributed by atoms with Crippen LogP contribution in [0.4, 0.5) is 5.69 Å². The van der Waals surface area contributed by atoms with Gasteiger partial charge in [0.25, 0.3) is 5.69 Å². The van der Waals surface area contributed by atoms with Gasteiger partial charge in [-0.3, -0.25) is 14.9 Å². The van der Waals surface area contributed by atoms with Crippen LogP contribution in [0, 0.1) is 16.0 Å². The van der Waals surface area contributed by atoms with E-state index in [4.69, 9.17) is 11.6 Å². The highest BCUT2D eigenvalue weighted by Gasteiger charge is 2.29. The van der Waals surface area contributed by atoms with Crippen LogP contribution in [-0.4, -0.2) is 48.1 Å². The molecule has 1 aliphatic rings. The van der Waals surface area contributed by atoms with Crippen LogP contribution in [0.1, 0.15) is 31.4 Å². The number of sulfonamides is 1. The second-order valence-electron chi connectivity index (χ2n) is 8.21. The largest absolute Gasteiger partial charge is 0.338 e. The van der Waals surface area contributed by atoms with Gasteiger partial charge in [0.05, 0.1) is 9.82 Å². The third-order valence-electron chi connectivity index (χ3n) is 5.38. The average molecular weight is 480 g/mol. The van der Waals surface area contributed by atoms with Gasteiger partial charge in [0, 0.05) is 38.7 Å². The summed E-state index contributed by atoms with van der Waals surface area (Å²) in [6.45, 7) is 5.03. The summed E-state index contributed by atoms with van der Waals surface area (Å²) in [6.07, 6.45) is 0.800. The van der Waals surface area contributed by atoms with E-state index in [0.717, 1.165) is 18.1 Å². The van der Waals surface area contributed by atoms with Crippen LogP contribution >= 0.6 is 11.6 Å². The molecule has 32 heavy (non-hydrogen) atoms. The molecule has 0 saturated heterocycles. The number of carbonyl (C=O) groups excluding carboxylic acids is 1. The lowest BCUT2D eigenvalue weighted by atomic mass is 10.00. The zero-order valence-corrected chi connectivity index (χ0v) is 19.6. The molecule has 10 heteroatoms. The summed E-state index contributed by atoms with van der Waals surface area (Å²) in [6, 6.07) is 11.4. The number of fused-ring (bicyclic) bond motifs is 1. The molecule has 0 aromatic heterocycles. The molecular formula is C22H26ClN3O5S. The van der Waals surface area contributed by atoms with E-state index in [-0.39, 0.29) is 41.3 Å².